The first-order valence-corrected chi connectivity index (χ1v) is 7.40. The van der Waals surface area contributed by atoms with Gasteiger partial charge in [-0.2, -0.15) is 0 Å². The van der Waals surface area contributed by atoms with Gasteiger partial charge in [-0.25, -0.2) is 0 Å². The van der Waals surface area contributed by atoms with Gasteiger partial charge < -0.3 is 5.32 Å². The summed E-state index contributed by atoms with van der Waals surface area (Å²) in [7, 11) is 0. The molecule has 2 bridgehead atoms. The Morgan fingerprint density at radius 2 is 2.12 bits per heavy atom. The molecule has 0 saturated heterocycles. The van der Waals surface area contributed by atoms with Crippen molar-refractivity contribution in [2.45, 2.75) is 51.3 Å². The first kappa shape index (κ1) is 13.2. The summed E-state index contributed by atoms with van der Waals surface area (Å²) >= 11 is 6.12. The summed E-state index contributed by atoms with van der Waals surface area (Å²) in [5.74, 6) is 3.03. The van der Waals surface area contributed by atoms with Crippen molar-refractivity contribution < 1.29 is 4.79 Å². The number of carbonyl (C=O) groups is 1. The zero-order valence-electron chi connectivity index (χ0n) is 10.9. The molecule has 0 aliphatic heterocycles. The number of alkyl halides is 1. The Balaban J connectivity index is 1.67. The quantitative estimate of drug-likeness (QED) is 0.753. The van der Waals surface area contributed by atoms with E-state index in [1.807, 2.05) is 0 Å². The Labute approximate surface area is 109 Å². The molecule has 0 aromatic rings. The van der Waals surface area contributed by atoms with Crippen LogP contribution in [0.3, 0.4) is 0 Å². The molecule has 2 fully saturated rings. The fourth-order valence-electron chi connectivity index (χ4n) is 3.38. The van der Waals surface area contributed by atoms with Crippen LogP contribution in [0.1, 0.15) is 46.0 Å². The number of rotatable bonds is 5. The molecule has 2 nitrogen and oxygen atoms in total. The smallest absolute Gasteiger partial charge is 0.220 e. The standard InChI is InChI=1S/C14H24ClNO/c1-9(2)13(15)8-16-14(17)7-12-6-10-3-4-11(12)5-10/h9-13H,3-8H2,1-2H3,(H,16,17). The first-order chi connectivity index (χ1) is 8.06. The fourth-order valence-corrected chi connectivity index (χ4v) is 3.46. The van der Waals surface area contributed by atoms with Gasteiger partial charge in [0, 0.05) is 13.0 Å². The summed E-state index contributed by atoms with van der Waals surface area (Å²) in [6.45, 7) is 4.78. The summed E-state index contributed by atoms with van der Waals surface area (Å²) in [4.78, 5) is 11.8. The zero-order valence-corrected chi connectivity index (χ0v) is 11.7. The molecule has 2 saturated carbocycles. The predicted octanol–water partition coefficient (Wildman–Crippen LogP) is 3.19. The number of fused-ring (bicyclic) bond motifs is 2. The van der Waals surface area contributed by atoms with Crippen LogP contribution in [-0.4, -0.2) is 17.8 Å². The second-order valence-electron chi connectivity index (χ2n) is 6.20. The van der Waals surface area contributed by atoms with E-state index in [-0.39, 0.29) is 11.3 Å². The van der Waals surface area contributed by atoms with E-state index in [0.29, 0.717) is 18.4 Å². The van der Waals surface area contributed by atoms with Gasteiger partial charge in [-0.15, -0.1) is 11.6 Å². The fraction of sp³-hybridized carbons (Fsp3) is 0.929. The maximum absolute atomic E-state index is 11.8. The third-order valence-corrected chi connectivity index (χ3v) is 5.21. The molecule has 2 aliphatic carbocycles. The van der Waals surface area contributed by atoms with Crippen molar-refractivity contribution in [3.8, 4) is 0 Å². The lowest BCUT2D eigenvalue weighted by molar-refractivity contribution is -0.122. The Bertz CT molecular complexity index is 279. The third kappa shape index (κ3) is 3.37. The second-order valence-corrected chi connectivity index (χ2v) is 6.76. The lowest BCUT2D eigenvalue weighted by Crippen LogP contribution is -2.33. The van der Waals surface area contributed by atoms with Crippen molar-refractivity contribution in [3.05, 3.63) is 0 Å². The molecule has 1 amide bonds. The zero-order chi connectivity index (χ0) is 12.4. The van der Waals surface area contributed by atoms with Gasteiger partial charge in [-0.1, -0.05) is 20.3 Å². The highest BCUT2D eigenvalue weighted by atomic mass is 35.5. The highest BCUT2D eigenvalue weighted by molar-refractivity contribution is 6.21. The molecule has 4 atom stereocenters. The maximum Gasteiger partial charge on any atom is 0.220 e. The monoisotopic (exact) mass is 257 g/mol. The van der Waals surface area contributed by atoms with E-state index in [2.05, 4.69) is 19.2 Å². The molecule has 17 heavy (non-hydrogen) atoms. The minimum absolute atomic E-state index is 0.0546. The van der Waals surface area contributed by atoms with Gasteiger partial charge in [0.1, 0.15) is 0 Å². The molecular weight excluding hydrogens is 234 g/mol. The van der Waals surface area contributed by atoms with Crippen molar-refractivity contribution >= 4 is 17.5 Å². The molecule has 4 unspecified atom stereocenters. The Kier molecular flexibility index (Phi) is 4.35. The summed E-state index contributed by atoms with van der Waals surface area (Å²) in [5, 5.41) is 3.03. The molecule has 0 heterocycles. The van der Waals surface area contributed by atoms with Gasteiger partial charge in [0.2, 0.25) is 5.91 Å². The highest BCUT2D eigenvalue weighted by Gasteiger charge is 2.40. The molecule has 0 aromatic carbocycles. The van der Waals surface area contributed by atoms with Crippen LogP contribution in [0.25, 0.3) is 0 Å². The number of carbonyl (C=O) groups excluding carboxylic acids is 1. The first-order valence-electron chi connectivity index (χ1n) is 6.97. The highest BCUT2D eigenvalue weighted by Crippen LogP contribution is 2.49. The summed E-state index contributed by atoms with van der Waals surface area (Å²) in [6.07, 6.45) is 6.14. The molecule has 2 aliphatic rings. The van der Waals surface area contributed by atoms with Crippen molar-refractivity contribution in [2.75, 3.05) is 6.54 Å². The number of nitrogens with one attached hydrogen (secondary N) is 1. The minimum atomic E-state index is 0.0546. The maximum atomic E-state index is 11.8. The molecule has 0 aromatic heterocycles. The normalized spacial score (nSPS) is 33.1. The minimum Gasteiger partial charge on any atom is -0.355 e. The molecule has 0 radical (unpaired) electrons. The van der Waals surface area contributed by atoms with E-state index >= 15 is 0 Å². The predicted molar refractivity (Wildman–Crippen MR) is 71.0 cm³/mol. The lowest BCUT2D eigenvalue weighted by Gasteiger charge is -2.21. The van der Waals surface area contributed by atoms with Gasteiger partial charge in [0.05, 0.1) is 5.38 Å². The molecule has 0 spiro atoms. The van der Waals surface area contributed by atoms with Crippen LogP contribution in [0.2, 0.25) is 0 Å². The van der Waals surface area contributed by atoms with Gasteiger partial charge in [0.15, 0.2) is 0 Å². The average molecular weight is 258 g/mol. The van der Waals surface area contributed by atoms with E-state index in [4.69, 9.17) is 11.6 Å². The van der Waals surface area contributed by atoms with Crippen LogP contribution < -0.4 is 5.32 Å². The second kappa shape index (κ2) is 5.60. The van der Waals surface area contributed by atoms with E-state index in [9.17, 15) is 4.79 Å². The third-order valence-electron chi connectivity index (χ3n) is 4.55. The van der Waals surface area contributed by atoms with Crippen LogP contribution in [0.4, 0.5) is 0 Å². The Hall–Kier alpha value is -0.240. The van der Waals surface area contributed by atoms with Crippen LogP contribution in [0.5, 0.6) is 0 Å². The largest absolute Gasteiger partial charge is 0.355 e. The van der Waals surface area contributed by atoms with Gasteiger partial charge >= 0.3 is 0 Å². The van der Waals surface area contributed by atoms with Crippen molar-refractivity contribution in [3.63, 3.8) is 0 Å². The van der Waals surface area contributed by atoms with Crippen LogP contribution in [0, 0.1) is 23.7 Å². The summed E-state index contributed by atoms with van der Waals surface area (Å²) in [6, 6.07) is 0. The van der Waals surface area contributed by atoms with Crippen molar-refractivity contribution in [1.29, 1.82) is 0 Å². The van der Waals surface area contributed by atoms with Crippen LogP contribution in [0.15, 0.2) is 0 Å². The number of hydrogen-bond acceptors (Lipinski definition) is 1. The number of hydrogen-bond donors (Lipinski definition) is 1. The molecule has 1 N–H and O–H groups in total. The van der Waals surface area contributed by atoms with E-state index < -0.39 is 0 Å². The van der Waals surface area contributed by atoms with Crippen LogP contribution in [-0.2, 0) is 4.79 Å². The average Bonchev–Trinajstić information content (AvgIpc) is 2.87. The molecule has 98 valence electrons. The van der Waals surface area contributed by atoms with Gasteiger partial charge in [0.25, 0.3) is 0 Å². The van der Waals surface area contributed by atoms with E-state index in [1.54, 1.807) is 0 Å². The van der Waals surface area contributed by atoms with Crippen molar-refractivity contribution in [2.24, 2.45) is 23.7 Å². The molecular formula is C14H24ClNO. The number of amides is 1. The lowest BCUT2D eigenvalue weighted by atomic mass is 9.86. The Morgan fingerprint density at radius 3 is 2.65 bits per heavy atom. The summed E-state index contributed by atoms with van der Waals surface area (Å²) < 4.78 is 0. The molecule has 2 rings (SSSR count). The summed E-state index contributed by atoms with van der Waals surface area (Å²) in [5.41, 5.74) is 0. The molecule has 3 heteroatoms. The Morgan fingerprint density at radius 1 is 1.35 bits per heavy atom. The SMILES string of the molecule is CC(C)C(Cl)CNC(=O)CC1CC2CCC1C2. The van der Waals surface area contributed by atoms with Gasteiger partial charge in [-0.05, 0) is 42.9 Å². The van der Waals surface area contributed by atoms with E-state index in [1.165, 1.54) is 25.7 Å². The van der Waals surface area contributed by atoms with E-state index in [0.717, 1.165) is 18.3 Å². The van der Waals surface area contributed by atoms with Crippen LogP contribution >= 0.6 is 11.6 Å². The number of halogens is 1. The van der Waals surface area contributed by atoms with Gasteiger partial charge in [-0.3, -0.25) is 4.79 Å². The van der Waals surface area contributed by atoms with Crippen molar-refractivity contribution in [1.82, 2.24) is 5.32 Å². The topological polar surface area (TPSA) is 29.1 Å².